The van der Waals surface area contributed by atoms with E-state index in [2.05, 4.69) is 4.74 Å². The van der Waals surface area contributed by atoms with Crippen molar-refractivity contribution in [2.24, 2.45) is 0 Å². The molecule has 0 aromatic heterocycles. The Hall–Kier alpha value is -1.37. The van der Waals surface area contributed by atoms with Crippen LogP contribution in [0.4, 0.5) is 57.1 Å². The molecule has 0 bridgehead atoms. The van der Waals surface area contributed by atoms with Gasteiger partial charge < -0.3 is 25.2 Å². The van der Waals surface area contributed by atoms with Gasteiger partial charge in [-0.1, -0.05) is 6.08 Å². The summed E-state index contributed by atoms with van der Waals surface area (Å²) in [6, 6.07) is 0. The van der Waals surface area contributed by atoms with E-state index >= 15 is 0 Å². The molecule has 0 aliphatic carbocycles. The molecule has 5 nitrogen and oxygen atoms in total. The number of hydrogen-bond donors (Lipinski definition) is 4. The van der Waals surface area contributed by atoms with Crippen molar-refractivity contribution in [1.82, 2.24) is 0 Å². The lowest BCUT2D eigenvalue weighted by molar-refractivity contribution is -0.436. The van der Waals surface area contributed by atoms with Gasteiger partial charge >= 0.3 is 35.8 Å². The van der Waals surface area contributed by atoms with Crippen LogP contribution in [0.15, 0.2) is 12.2 Å². The molecule has 192 valence electrons. The topological polar surface area (TPSA) is 90.2 Å². The lowest BCUT2D eigenvalue weighted by atomic mass is 9.94. The molecule has 0 rings (SSSR count). The van der Waals surface area contributed by atoms with E-state index in [0.29, 0.717) is 0 Å². The van der Waals surface area contributed by atoms with Gasteiger partial charge in [0.05, 0.1) is 19.8 Å². The highest BCUT2D eigenvalue weighted by molar-refractivity contribution is 5.15. The largest absolute Gasteiger partial charge is 0.460 e. The zero-order valence-electron chi connectivity index (χ0n) is 15.1. The summed E-state index contributed by atoms with van der Waals surface area (Å²) >= 11 is 0. The van der Waals surface area contributed by atoms with Crippen molar-refractivity contribution < 1.29 is 82.2 Å². The van der Waals surface area contributed by atoms with Crippen LogP contribution < -0.4 is 0 Å². The van der Waals surface area contributed by atoms with Gasteiger partial charge in [-0.15, -0.1) is 0 Å². The van der Waals surface area contributed by atoms with Crippen molar-refractivity contribution in [3.8, 4) is 0 Å². The molecule has 0 aliphatic heterocycles. The van der Waals surface area contributed by atoms with E-state index in [0.717, 1.165) is 0 Å². The molecule has 0 aromatic rings. The molecule has 0 saturated heterocycles. The van der Waals surface area contributed by atoms with E-state index in [9.17, 15) is 67.3 Å². The van der Waals surface area contributed by atoms with E-state index in [1.165, 1.54) is 0 Å². The molecular formula is C14H15F13O5. The van der Waals surface area contributed by atoms with Crippen LogP contribution in [0.5, 0.6) is 0 Å². The molecule has 3 atom stereocenters. The van der Waals surface area contributed by atoms with Crippen molar-refractivity contribution in [2.75, 3.05) is 19.8 Å². The lowest BCUT2D eigenvalue weighted by Gasteiger charge is -2.39. The average Bonchev–Trinajstić information content (AvgIpc) is 2.64. The maximum atomic E-state index is 13.4. The highest BCUT2D eigenvalue weighted by Gasteiger charge is 2.90. The summed E-state index contributed by atoms with van der Waals surface area (Å²) in [5.41, 5.74) is 0. The number of rotatable bonds is 12. The van der Waals surface area contributed by atoms with Gasteiger partial charge in [0.25, 0.3) is 0 Å². The molecule has 4 N–H and O–H groups in total. The molecule has 0 heterocycles. The fourth-order valence-electron chi connectivity index (χ4n) is 1.80. The maximum Gasteiger partial charge on any atom is 0.460 e. The van der Waals surface area contributed by atoms with Crippen LogP contribution in [0.1, 0.15) is 0 Å². The SMILES string of the molecule is OCC(O)C(O)C(O)COC/C=C/C(F)(F)C(F)(F)C(F)(F)C(F)(F)C(F)(F)C(F)(F)F. The van der Waals surface area contributed by atoms with Gasteiger partial charge in [0, 0.05) is 0 Å². The summed E-state index contributed by atoms with van der Waals surface area (Å²) in [6.45, 7) is -3.38. The second-order valence-corrected chi connectivity index (χ2v) is 6.17. The van der Waals surface area contributed by atoms with Crippen LogP contribution >= 0.6 is 0 Å². The Bertz CT molecular complexity index is 635. The standard InChI is InChI=1S/C14H15F13O5/c15-9(16,2-1-3-32-5-7(30)8(31)6(29)4-28)10(17,18)11(19,20)12(21,22)13(23,24)14(25,26)27/h1-2,6-8,28-31H,3-5H2/b2-1+. The summed E-state index contributed by atoms with van der Waals surface area (Å²) in [5, 5.41) is 35.9. The van der Waals surface area contributed by atoms with Crippen LogP contribution in [-0.2, 0) is 4.74 Å². The number of aliphatic hydroxyl groups is 4. The summed E-state index contributed by atoms with van der Waals surface area (Å²) in [6.07, 6.45) is -14.9. The van der Waals surface area contributed by atoms with Crippen LogP contribution in [0.25, 0.3) is 0 Å². The Morgan fingerprint density at radius 1 is 0.656 bits per heavy atom. The molecule has 0 aromatic carbocycles. The molecule has 0 saturated carbocycles. The van der Waals surface area contributed by atoms with E-state index in [-0.39, 0.29) is 6.08 Å². The maximum absolute atomic E-state index is 13.4. The lowest BCUT2D eigenvalue weighted by Crippen LogP contribution is -2.69. The van der Waals surface area contributed by atoms with Crippen molar-refractivity contribution in [3.63, 3.8) is 0 Å². The molecule has 0 spiro atoms. The van der Waals surface area contributed by atoms with Crippen LogP contribution in [0.3, 0.4) is 0 Å². The Balaban J connectivity index is 5.48. The second kappa shape index (κ2) is 9.86. The Morgan fingerprint density at radius 3 is 1.50 bits per heavy atom. The molecule has 0 aliphatic rings. The summed E-state index contributed by atoms with van der Waals surface area (Å²) in [5.74, 6) is -37.6. The first-order chi connectivity index (χ1) is 14.0. The van der Waals surface area contributed by atoms with Gasteiger partial charge in [0.2, 0.25) is 0 Å². The van der Waals surface area contributed by atoms with Crippen LogP contribution in [-0.4, -0.2) is 94.3 Å². The average molecular weight is 510 g/mol. The fourth-order valence-corrected chi connectivity index (χ4v) is 1.80. The van der Waals surface area contributed by atoms with Gasteiger partial charge in [0.15, 0.2) is 0 Å². The van der Waals surface area contributed by atoms with Crippen molar-refractivity contribution in [3.05, 3.63) is 12.2 Å². The number of alkyl halides is 13. The van der Waals surface area contributed by atoms with E-state index in [1.54, 1.807) is 0 Å². The molecule has 0 fully saturated rings. The highest BCUT2D eigenvalue weighted by atomic mass is 19.4. The van der Waals surface area contributed by atoms with Crippen molar-refractivity contribution in [1.29, 1.82) is 0 Å². The summed E-state index contributed by atoms with van der Waals surface area (Å²) < 4.78 is 171. The smallest absolute Gasteiger partial charge is 0.394 e. The van der Waals surface area contributed by atoms with Gasteiger partial charge in [-0.3, -0.25) is 0 Å². The van der Waals surface area contributed by atoms with Gasteiger partial charge in [0.1, 0.15) is 18.3 Å². The third kappa shape index (κ3) is 5.57. The Labute approximate surface area is 169 Å². The van der Waals surface area contributed by atoms with E-state index in [4.69, 9.17) is 10.2 Å². The van der Waals surface area contributed by atoms with Crippen molar-refractivity contribution in [2.45, 2.75) is 54.1 Å². The third-order valence-electron chi connectivity index (χ3n) is 3.76. The molecule has 0 radical (unpaired) electrons. The molecule has 0 amide bonds. The Kier molecular flexibility index (Phi) is 9.44. The first kappa shape index (κ1) is 30.6. The molecule has 3 unspecified atom stereocenters. The number of aliphatic hydroxyl groups excluding tert-OH is 4. The monoisotopic (exact) mass is 510 g/mol. The van der Waals surface area contributed by atoms with Crippen molar-refractivity contribution >= 4 is 0 Å². The van der Waals surface area contributed by atoms with E-state index < -0.39 is 80.0 Å². The first-order valence-electron chi connectivity index (χ1n) is 7.89. The third-order valence-corrected chi connectivity index (χ3v) is 3.76. The minimum absolute atomic E-state index is 0.258. The summed E-state index contributed by atoms with van der Waals surface area (Å²) in [4.78, 5) is 0. The van der Waals surface area contributed by atoms with Gasteiger partial charge in [-0.05, 0) is 6.08 Å². The normalized spacial score (nSPS) is 18.2. The molecular weight excluding hydrogens is 495 g/mol. The fraction of sp³-hybridized carbons (Fsp3) is 0.857. The van der Waals surface area contributed by atoms with E-state index in [1.807, 2.05) is 0 Å². The highest BCUT2D eigenvalue weighted by Crippen LogP contribution is 2.60. The van der Waals surface area contributed by atoms with Gasteiger partial charge in [-0.25, -0.2) is 0 Å². The molecule has 18 heteroatoms. The minimum Gasteiger partial charge on any atom is -0.394 e. The zero-order valence-corrected chi connectivity index (χ0v) is 15.1. The van der Waals surface area contributed by atoms with Crippen LogP contribution in [0.2, 0.25) is 0 Å². The number of allylic oxidation sites excluding steroid dienone is 1. The predicted molar refractivity (Wildman–Crippen MR) is 75.9 cm³/mol. The number of hydrogen-bond acceptors (Lipinski definition) is 5. The Morgan fingerprint density at radius 2 is 1.09 bits per heavy atom. The van der Waals surface area contributed by atoms with Crippen LogP contribution in [0, 0.1) is 0 Å². The summed E-state index contributed by atoms with van der Waals surface area (Å²) in [7, 11) is 0. The molecule has 32 heavy (non-hydrogen) atoms. The second-order valence-electron chi connectivity index (χ2n) is 6.17. The first-order valence-corrected chi connectivity index (χ1v) is 7.89. The number of ether oxygens (including phenoxy) is 1. The minimum atomic E-state index is -8.00. The van der Waals surface area contributed by atoms with Gasteiger partial charge in [-0.2, -0.15) is 57.1 Å². The number of halogens is 13. The zero-order chi connectivity index (χ0) is 26.0. The predicted octanol–water partition coefficient (Wildman–Crippen LogP) is 2.37. The quantitative estimate of drug-likeness (QED) is 0.184.